The first-order valence-corrected chi connectivity index (χ1v) is 17.8. The van der Waals surface area contributed by atoms with Crippen LogP contribution in [-0.2, 0) is 36.2 Å². The first-order valence-electron chi connectivity index (χ1n) is 16.9. The Hall–Kier alpha value is -2.56. The van der Waals surface area contributed by atoms with E-state index in [1.807, 2.05) is 12.1 Å². The molecule has 1 atom stereocenters. The number of anilines is 1. The van der Waals surface area contributed by atoms with Gasteiger partial charge in [0.2, 0.25) is 17.7 Å². The number of carbonyl (C=O) groups excluding carboxylic acids is 2. The van der Waals surface area contributed by atoms with Crippen LogP contribution >= 0.6 is 19.2 Å². The van der Waals surface area contributed by atoms with Crippen LogP contribution in [0.25, 0.3) is 0 Å². The maximum absolute atomic E-state index is 13.6. The fourth-order valence-corrected chi connectivity index (χ4v) is 8.04. The molecule has 13 heteroatoms. The van der Waals surface area contributed by atoms with Crippen molar-refractivity contribution < 1.29 is 34.7 Å². The lowest BCUT2D eigenvalue weighted by atomic mass is 9.82. The summed E-state index contributed by atoms with van der Waals surface area (Å²) in [7, 11) is -3.41. The summed E-state index contributed by atoms with van der Waals surface area (Å²) in [5.41, 5.74) is 1.44. The molecule has 0 radical (unpaired) electrons. The summed E-state index contributed by atoms with van der Waals surface area (Å²) in [6.07, 6.45) is 0.880. The molecule has 2 aromatic rings. The van der Waals surface area contributed by atoms with Crippen LogP contribution in [0.1, 0.15) is 59.8 Å². The van der Waals surface area contributed by atoms with Crippen LogP contribution in [0.4, 0.5) is 14.5 Å². The zero-order valence-corrected chi connectivity index (χ0v) is 28.0. The van der Waals surface area contributed by atoms with Crippen molar-refractivity contribution in [3.8, 4) is 0 Å². The molecule has 2 saturated carbocycles. The number of rotatable bonds is 13. The number of alkyl halides is 2. The number of piperazine rings is 1. The first kappa shape index (κ1) is 32.0. The number of benzene rings is 2. The SMILES string of the molecule is [2H]C([2H])(c1cc(Cl)ccc1NCc1ccc(P(=O)(OCC)OCC)cc1)N1CCN(C(=O)CNC(=O)C2CC23CCC(F)(F)CC3)CC1. The summed E-state index contributed by atoms with van der Waals surface area (Å²) >= 11 is 6.32. The molecule has 1 unspecified atom stereocenters. The Balaban J connectivity index is 1.14. The molecular weight excluding hydrogens is 637 g/mol. The van der Waals surface area contributed by atoms with Crippen molar-refractivity contribution in [1.29, 1.82) is 0 Å². The zero-order chi connectivity index (χ0) is 34.7. The minimum Gasteiger partial charge on any atom is -0.381 e. The summed E-state index contributed by atoms with van der Waals surface area (Å²) in [5.74, 6) is -3.48. The van der Waals surface area contributed by atoms with Crippen LogP contribution in [0.3, 0.4) is 0 Å². The highest BCUT2D eigenvalue weighted by Crippen LogP contribution is 2.63. The van der Waals surface area contributed by atoms with Crippen LogP contribution in [0.5, 0.6) is 0 Å². The number of hydrogen-bond donors (Lipinski definition) is 2. The van der Waals surface area contributed by atoms with E-state index in [9.17, 15) is 22.9 Å². The molecule has 0 aromatic heterocycles. The van der Waals surface area contributed by atoms with Crippen LogP contribution in [-0.4, -0.2) is 73.5 Å². The van der Waals surface area contributed by atoms with E-state index in [1.54, 1.807) is 54.0 Å². The second kappa shape index (κ2) is 14.7. The predicted molar refractivity (Wildman–Crippen MR) is 175 cm³/mol. The van der Waals surface area contributed by atoms with E-state index in [-0.39, 0.29) is 81.9 Å². The van der Waals surface area contributed by atoms with Crippen molar-refractivity contribution in [3.63, 3.8) is 0 Å². The standard InChI is InChI=1S/C33H44ClF2N4O5P/c1-3-44-46(43,45-4-2)27-8-5-24(6-9-27)21-37-29-10-7-26(34)19-25(29)23-39-15-17-40(18-16-39)30(41)22-38-31(42)28-20-32(28)11-13-33(35,36)14-12-32/h5-10,19,28,37H,3-4,11-18,20-23H2,1-2H3,(H,38,42)/i23D2. The zero-order valence-electron chi connectivity index (χ0n) is 28.3. The Labute approximate surface area is 277 Å². The first-order chi connectivity index (χ1) is 22.7. The van der Waals surface area contributed by atoms with Gasteiger partial charge in [0.1, 0.15) is 0 Å². The second-order valence-electron chi connectivity index (χ2n) is 12.2. The van der Waals surface area contributed by atoms with E-state index in [1.165, 1.54) is 0 Å². The van der Waals surface area contributed by atoms with E-state index in [2.05, 4.69) is 10.6 Å². The van der Waals surface area contributed by atoms with Gasteiger partial charge in [0.25, 0.3) is 0 Å². The van der Waals surface area contributed by atoms with Crippen molar-refractivity contribution >= 4 is 42.0 Å². The molecule has 2 aromatic carbocycles. The fraction of sp³-hybridized carbons (Fsp3) is 0.576. The van der Waals surface area contributed by atoms with Gasteiger partial charge >= 0.3 is 7.60 Å². The van der Waals surface area contributed by atoms with Gasteiger partial charge in [-0.2, -0.15) is 0 Å². The maximum atomic E-state index is 13.6. The van der Waals surface area contributed by atoms with Gasteiger partial charge in [-0.25, -0.2) is 8.78 Å². The van der Waals surface area contributed by atoms with E-state index < -0.39 is 20.0 Å². The van der Waals surface area contributed by atoms with Crippen molar-refractivity contribution in [1.82, 2.24) is 15.1 Å². The highest BCUT2D eigenvalue weighted by Gasteiger charge is 2.60. The van der Waals surface area contributed by atoms with Crippen LogP contribution in [0.2, 0.25) is 5.02 Å². The lowest BCUT2D eigenvalue weighted by Gasteiger charge is -2.35. The number of carbonyl (C=O) groups is 2. The van der Waals surface area contributed by atoms with Crippen molar-refractivity contribution in [3.05, 3.63) is 58.6 Å². The van der Waals surface area contributed by atoms with Crippen molar-refractivity contribution in [2.45, 2.75) is 64.9 Å². The summed E-state index contributed by atoms with van der Waals surface area (Å²) in [4.78, 5) is 28.9. The molecule has 2 amide bonds. The van der Waals surface area contributed by atoms with E-state index in [0.717, 1.165) is 5.56 Å². The largest absolute Gasteiger partial charge is 0.381 e. The van der Waals surface area contributed by atoms with Gasteiger partial charge in [0.15, 0.2) is 0 Å². The third-order valence-electron chi connectivity index (χ3n) is 9.12. The molecule has 3 fully saturated rings. The quantitative estimate of drug-likeness (QED) is 0.257. The van der Waals surface area contributed by atoms with Gasteiger partial charge < -0.3 is 24.6 Å². The van der Waals surface area contributed by atoms with E-state index in [0.29, 0.717) is 47.4 Å². The summed E-state index contributed by atoms with van der Waals surface area (Å²) in [6, 6.07) is 12.1. The molecule has 2 aliphatic carbocycles. The van der Waals surface area contributed by atoms with Crippen molar-refractivity contribution in [2.75, 3.05) is 51.3 Å². The molecule has 1 heterocycles. The minimum absolute atomic E-state index is 0.174. The number of nitrogens with one attached hydrogen (secondary N) is 2. The van der Waals surface area contributed by atoms with Crippen LogP contribution < -0.4 is 15.9 Å². The summed E-state index contributed by atoms with van der Waals surface area (Å²) in [5, 5.41) is 6.86. The van der Waals surface area contributed by atoms with Gasteiger partial charge in [0.05, 0.1) is 25.1 Å². The molecule has 46 heavy (non-hydrogen) atoms. The Morgan fingerprint density at radius 2 is 1.67 bits per heavy atom. The summed E-state index contributed by atoms with van der Waals surface area (Å²) < 4.78 is 69.2. The van der Waals surface area contributed by atoms with Crippen molar-refractivity contribution in [2.24, 2.45) is 11.3 Å². The molecule has 9 nitrogen and oxygen atoms in total. The third-order valence-corrected chi connectivity index (χ3v) is 11.5. The molecular formula is C33H44ClF2N4O5P. The van der Waals surface area contributed by atoms with E-state index >= 15 is 0 Å². The van der Waals surface area contributed by atoms with Crippen LogP contribution in [0.15, 0.2) is 42.5 Å². The fourth-order valence-electron chi connectivity index (χ4n) is 6.30. The molecule has 252 valence electrons. The smallest absolute Gasteiger partial charge is 0.361 e. The average Bonchev–Trinajstić information content (AvgIpc) is 3.79. The molecule has 5 rings (SSSR count). The number of hydrogen-bond acceptors (Lipinski definition) is 7. The number of nitrogens with zero attached hydrogens (tertiary/aromatic N) is 2. The maximum Gasteiger partial charge on any atom is 0.361 e. The van der Waals surface area contributed by atoms with Gasteiger partial charge in [0, 0.05) is 71.4 Å². The third kappa shape index (κ3) is 8.47. The monoisotopic (exact) mass is 682 g/mol. The normalized spacial score (nSPS) is 21.8. The minimum atomic E-state index is -3.41. The Kier molecular flexibility index (Phi) is 10.2. The lowest BCUT2D eigenvalue weighted by Crippen LogP contribution is -2.51. The Morgan fingerprint density at radius 1 is 1.02 bits per heavy atom. The molecule has 1 saturated heterocycles. The van der Waals surface area contributed by atoms with Gasteiger partial charge in [-0.15, -0.1) is 0 Å². The molecule has 1 spiro atoms. The predicted octanol–water partition coefficient (Wildman–Crippen LogP) is 5.82. The highest BCUT2D eigenvalue weighted by molar-refractivity contribution is 7.62. The summed E-state index contributed by atoms with van der Waals surface area (Å²) in [6.45, 7) is 3.37. The topological polar surface area (TPSA) is 100 Å². The molecule has 1 aliphatic heterocycles. The van der Waals surface area contributed by atoms with Gasteiger partial charge in [-0.05, 0) is 80.0 Å². The molecule has 0 bridgehead atoms. The Morgan fingerprint density at radius 3 is 2.30 bits per heavy atom. The van der Waals surface area contributed by atoms with E-state index in [4.69, 9.17) is 23.4 Å². The average molecular weight is 683 g/mol. The lowest BCUT2D eigenvalue weighted by molar-refractivity contribution is -0.135. The van der Waals surface area contributed by atoms with Crippen LogP contribution in [0, 0.1) is 11.3 Å². The van der Waals surface area contributed by atoms with Gasteiger partial charge in [-0.3, -0.25) is 19.1 Å². The highest BCUT2D eigenvalue weighted by atomic mass is 35.5. The van der Waals surface area contributed by atoms with Gasteiger partial charge in [-0.1, -0.05) is 23.7 Å². The number of halogens is 3. The Bertz CT molecular complexity index is 1510. The second-order valence-corrected chi connectivity index (χ2v) is 14.7. The molecule has 3 aliphatic rings. The molecule has 2 N–H and O–H groups in total. The number of amides is 2.